The average molecular weight is 334 g/mol. The molecule has 0 atom stereocenters. The Bertz CT molecular complexity index is 552. The van der Waals surface area contributed by atoms with Crippen LogP contribution in [0.15, 0.2) is 6.33 Å². The topological polar surface area (TPSA) is 123 Å². The molecule has 3 N–H and O–H groups in total. The Morgan fingerprint density at radius 2 is 2.05 bits per heavy atom. The number of aliphatic hydroxyl groups excluding tert-OH is 1. The molecule has 0 amide bonds. The minimum absolute atomic E-state index is 0.0665. The summed E-state index contributed by atoms with van der Waals surface area (Å²) in [4.78, 5) is 7.76. The van der Waals surface area contributed by atoms with Crippen molar-refractivity contribution >= 4 is 16.0 Å². The van der Waals surface area contributed by atoms with E-state index in [0.717, 1.165) is 6.42 Å². The first-order valence-corrected chi connectivity index (χ1v) is 8.39. The number of hydrogen-bond donors (Lipinski definition) is 3. The first kappa shape index (κ1) is 18.6. The highest BCUT2D eigenvalue weighted by atomic mass is 32.2. The largest absolute Gasteiger partial charge is 0.475 e. The first-order chi connectivity index (χ1) is 10.5. The van der Waals surface area contributed by atoms with Crippen LogP contribution in [0.4, 0.5) is 5.82 Å². The molecule has 0 unspecified atom stereocenters. The SMILES string of the molecule is CCCOCCNS(=O)(=O)Nc1ncnc(OCCO)c1C. The van der Waals surface area contributed by atoms with Gasteiger partial charge < -0.3 is 14.6 Å². The minimum atomic E-state index is -3.76. The zero-order valence-corrected chi connectivity index (χ0v) is 13.5. The second-order valence-corrected chi connectivity index (χ2v) is 5.84. The molecule has 1 aromatic heterocycles. The summed E-state index contributed by atoms with van der Waals surface area (Å²) in [5.41, 5.74) is 0.434. The molecule has 0 saturated carbocycles. The molecule has 9 nitrogen and oxygen atoms in total. The van der Waals surface area contributed by atoms with Gasteiger partial charge in [-0.1, -0.05) is 6.92 Å². The van der Waals surface area contributed by atoms with Crippen LogP contribution in [0.5, 0.6) is 5.88 Å². The number of nitrogens with zero attached hydrogens (tertiary/aromatic N) is 2. The number of anilines is 1. The monoisotopic (exact) mass is 334 g/mol. The molecule has 0 aromatic carbocycles. The van der Waals surface area contributed by atoms with Crippen LogP contribution >= 0.6 is 0 Å². The van der Waals surface area contributed by atoms with Crippen molar-refractivity contribution in [2.75, 3.05) is 37.7 Å². The lowest BCUT2D eigenvalue weighted by Gasteiger charge is -2.12. The zero-order valence-electron chi connectivity index (χ0n) is 12.7. The summed E-state index contributed by atoms with van der Waals surface area (Å²) in [6.45, 7) is 4.54. The van der Waals surface area contributed by atoms with Crippen molar-refractivity contribution in [3.63, 3.8) is 0 Å². The molecule has 1 aromatic rings. The third kappa shape index (κ3) is 6.52. The Balaban J connectivity index is 2.61. The van der Waals surface area contributed by atoms with Crippen molar-refractivity contribution in [1.29, 1.82) is 0 Å². The molecule has 10 heteroatoms. The Labute approximate surface area is 130 Å². The van der Waals surface area contributed by atoms with Gasteiger partial charge in [0.2, 0.25) is 5.88 Å². The lowest BCUT2D eigenvalue weighted by atomic mass is 10.3. The highest BCUT2D eigenvalue weighted by Crippen LogP contribution is 2.20. The Kier molecular flexibility index (Phi) is 8.02. The van der Waals surface area contributed by atoms with E-state index in [2.05, 4.69) is 19.4 Å². The molecule has 0 saturated heterocycles. The number of aromatic nitrogens is 2. The number of nitrogens with one attached hydrogen (secondary N) is 2. The molecule has 22 heavy (non-hydrogen) atoms. The van der Waals surface area contributed by atoms with E-state index in [1.54, 1.807) is 6.92 Å². The number of hydrogen-bond acceptors (Lipinski definition) is 7. The van der Waals surface area contributed by atoms with E-state index < -0.39 is 10.2 Å². The second kappa shape index (κ2) is 9.51. The van der Waals surface area contributed by atoms with E-state index in [-0.39, 0.29) is 31.5 Å². The predicted octanol–water partition coefficient (Wildman–Crippen LogP) is -0.171. The van der Waals surface area contributed by atoms with E-state index in [0.29, 0.717) is 18.8 Å². The van der Waals surface area contributed by atoms with Crippen molar-refractivity contribution < 1.29 is 23.0 Å². The number of ether oxygens (including phenoxy) is 2. The van der Waals surface area contributed by atoms with E-state index in [1.807, 2.05) is 6.92 Å². The molecule has 0 aliphatic heterocycles. The summed E-state index contributed by atoms with van der Waals surface area (Å²) in [6, 6.07) is 0. The molecule has 126 valence electrons. The van der Waals surface area contributed by atoms with E-state index >= 15 is 0 Å². The van der Waals surface area contributed by atoms with Gasteiger partial charge in [-0.3, -0.25) is 4.72 Å². The van der Waals surface area contributed by atoms with Gasteiger partial charge in [-0.25, -0.2) is 9.97 Å². The van der Waals surface area contributed by atoms with Crippen molar-refractivity contribution in [2.45, 2.75) is 20.3 Å². The maximum atomic E-state index is 11.9. The summed E-state index contributed by atoms with van der Waals surface area (Å²) in [5, 5.41) is 8.73. The average Bonchev–Trinajstić information content (AvgIpc) is 2.48. The van der Waals surface area contributed by atoms with E-state index in [1.165, 1.54) is 6.33 Å². The van der Waals surface area contributed by atoms with Crippen LogP contribution in [0.25, 0.3) is 0 Å². The predicted molar refractivity (Wildman–Crippen MR) is 81.0 cm³/mol. The van der Waals surface area contributed by atoms with Gasteiger partial charge in [0.1, 0.15) is 12.9 Å². The van der Waals surface area contributed by atoms with Crippen LogP contribution in [0.1, 0.15) is 18.9 Å². The van der Waals surface area contributed by atoms with Crippen molar-refractivity contribution in [2.24, 2.45) is 0 Å². The van der Waals surface area contributed by atoms with Crippen LogP contribution in [0.3, 0.4) is 0 Å². The Morgan fingerprint density at radius 3 is 2.73 bits per heavy atom. The molecule has 1 heterocycles. The molecule has 0 aliphatic rings. The normalized spacial score (nSPS) is 11.4. The molecular weight excluding hydrogens is 312 g/mol. The van der Waals surface area contributed by atoms with Crippen molar-refractivity contribution in [3.05, 3.63) is 11.9 Å². The minimum Gasteiger partial charge on any atom is -0.475 e. The number of aliphatic hydroxyl groups is 1. The summed E-state index contributed by atoms with van der Waals surface area (Å²) < 4.78 is 38.8. The summed E-state index contributed by atoms with van der Waals surface area (Å²) in [5.74, 6) is 0.331. The van der Waals surface area contributed by atoms with Gasteiger partial charge in [0.05, 0.1) is 18.8 Å². The van der Waals surface area contributed by atoms with Crippen LogP contribution in [-0.2, 0) is 14.9 Å². The van der Waals surface area contributed by atoms with Crippen molar-refractivity contribution in [3.8, 4) is 5.88 Å². The van der Waals surface area contributed by atoms with Gasteiger partial charge in [0, 0.05) is 13.2 Å². The highest BCUT2D eigenvalue weighted by molar-refractivity contribution is 7.90. The third-order valence-electron chi connectivity index (χ3n) is 2.49. The van der Waals surface area contributed by atoms with Crippen molar-refractivity contribution in [1.82, 2.24) is 14.7 Å². The van der Waals surface area contributed by atoms with Crippen LogP contribution in [-0.4, -0.2) is 56.5 Å². The third-order valence-corrected chi connectivity index (χ3v) is 3.53. The number of rotatable bonds is 11. The lowest BCUT2D eigenvalue weighted by molar-refractivity contribution is 0.140. The summed E-state index contributed by atoms with van der Waals surface area (Å²) >= 11 is 0. The molecule has 0 spiro atoms. The summed E-state index contributed by atoms with van der Waals surface area (Å²) in [6.07, 6.45) is 2.06. The smallest absolute Gasteiger partial charge is 0.300 e. The molecule has 1 rings (SSSR count). The second-order valence-electron chi connectivity index (χ2n) is 4.34. The fourth-order valence-corrected chi connectivity index (χ4v) is 2.37. The maximum Gasteiger partial charge on any atom is 0.300 e. The Morgan fingerprint density at radius 1 is 1.27 bits per heavy atom. The molecule has 0 fully saturated rings. The summed E-state index contributed by atoms with van der Waals surface area (Å²) in [7, 11) is -3.76. The molecular formula is C12H22N4O5S. The quantitative estimate of drug-likeness (QED) is 0.480. The molecule has 0 bridgehead atoms. The first-order valence-electron chi connectivity index (χ1n) is 6.90. The highest BCUT2D eigenvalue weighted by Gasteiger charge is 2.15. The fourth-order valence-electron chi connectivity index (χ4n) is 1.48. The van der Waals surface area contributed by atoms with Gasteiger partial charge >= 0.3 is 0 Å². The maximum absolute atomic E-state index is 11.9. The van der Waals surface area contributed by atoms with Crippen LogP contribution in [0, 0.1) is 6.92 Å². The van der Waals surface area contributed by atoms with Crippen LogP contribution in [0.2, 0.25) is 0 Å². The van der Waals surface area contributed by atoms with Gasteiger partial charge in [-0.05, 0) is 13.3 Å². The van der Waals surface area contributed by atoms with E-state index in [9.17, 15) is 8.42 Å². The van der Waals surface area contributed by atoms with E-state index in [4.69, 9.17) is 14.6 Å². The van der Waals surface area contributed by atoms with Gasteiger partial charge in [-0.2, -0.15) is 13.1 Å². The molecule has 0 aliphatic carbocycles. The standard InChI is InChI=1S/C12H22N4O5S/c1-3-6-20-7-4-15-22(18,19)16-11-10(2)12(14-9-13-11)21-8-5-17/h9,15,17H,3-8H2,1-2H3,(H,13,14,16). The molecule has 0 radical (unpaired) electrons. The lowest BCUT2D eigenvalue weighted by Crippen LogP contribution is -2.33. The Hall–Kier alpha value is -1.49. The van der Waals surface area contributed by atoms with Crippen LogP contribution < -0.4 is 14.2 Å². The van der Waals surface area contributed by atoms with Gasteiger partial charge in [-0.15, -0.1) is 0 Å². The van der Waals surface area contributed by atoms with Gasteiger partial charge in [0.15, 0.2) is 5.82 Å². The fraction of sp³-hybridized carbons (Fsp3) is 0.667. The zero-order chi connectivity index (χ0) is 16.4. The van der Waals surface area contributed by atoms with Gasteiger partial charge in [0.25, 0.3) is 10.2 Å².